The molecular weight excluding hydrogens is 319 g/mol. The smallest absolute Gasteiger partial charge is 0.255 e. The molecule has 3 nitrogen and oxygen atoms in total. The number of rotatable bonds is 2. The van der Waals surface area contributed by atoms with E-state index >= 15 is 0 Å². The van der Waals surface area contributed by atoms with E-state index in [1.165, 1.54) is 0 Å². The third kappa shape index (κ3) is 2.86. The minimum Gasteiger partial charge on any atom is -0.399 e. The van der Waals surface area contributed by atoms with Gasteiger partial charge in [0.15, 0.2) is 0 Å². The number of nitrogens with one attached hydrogen (secondary N) is 1. The van der Waals surface area contributed by atoms with Crippen LogP contribution in [0.25, 0.3) is 10.8 Å². The molecule has 3 aromatic carbocycles. The number of carbonyl (C=O) groups is 1. The monoisotopic (exact) mass is 330 g/mol. The van der Waals surface area contributed by atoms with Crippen molar-refractivity contribution in [2.24, 2.45) is 0 Å². The zero-order chi connectivity index (χ0) is 15.7. The molecule has 5 heteroatoms. The fraction of sp³-hybridized carbons (Fsp3) is 0. The summed E-state index contributed by atoms with van der Waals surface area (Å²) in [5.74, 6) is -0.278. The van der Waals surface area contributed by atoms with Gasteiger partial charge >= 0.3 is 0 Å². The number of carbonyl (C=O) groups excluding carboxylic acids is 1. The molecule has 0 aromatic heterocycles. The molecule has 0 spiro atoms. The van der Waals surface area contributed by atoms with Crippen LogP contribution in [0, 0.1) is 0 Å². The first-order valence-electron chi connectivity index (χ1n) is 6.59. The van der Waals surface area contributed by atoms with Gasteiger partial charge in [-0.25, -0.2) is 0 Å². The summed E-state index contributed by atoms with van der Waals surface area (Å²) in [5, 5.41) is 5.40. The Morgan fingerprint density at radius 1 is 0.909 bits per heavy atom. The quantitative estimate of drug-likeness (QED) is 0.651. The number of fused-ring (bicyclic) bond motifs is 1. The highest BCUT2D eigenvalue weighted by Gasteiger charge is 2.13. The molecule has 110 valence electrons. The number of hydrogen-bond donors (Lipinski definition) is 2. The molecule has 0 aliphatic rings. The molecule has 0 fully saturated rings. The highest BCUT2D eigenvalue weighted by molar-refractivity contribution is 6.40. The van der Waals surface area contributed by atoms with E-state index < -0.39 is 0 Å². The maximum Gasteiger partial charge on any atom is 0.255 e. The number of nitrogen functional groups attached to an aromatic ring is 1. The minimum absolute atomic E-state index is 0.278. The van der Waals surface area contributed by atoms with Crippen molar-refractivity contribution in [3.05, 3.63) is 70.2 Å². The zero-order valence-electron chi connectivity index (χ0n) is 11.4. The summed E-state index contributed by atoms with van der Waals surface area (Å²) in [5.41, 5.74) is 6.98. The van der Waals surface area contributed by atoms with Crippen LogP contribution in [0.1, 0.15) is 10.4 Å². The Labute approximate surface area is 137 Å². The molecule has 3 rings (SSSR count). The van der Waals surface area contributed by atoms with E-state index in [4.69, 9.17) is 28.9 Å². The summed E-state index contributed by atoms with van der Waals surface area (Å²) < 4.78 is 0. The van der Waals surface area contributed by atoms with Gasteiger partial charge in [-0.1, -0.05) is 53.5 Å². The standard InChI is InChI=1S/C17H12Cl2N2O/c18-14-8-13(20)9-15(19)16(14)21-17(22)12-6-5-10-3-1-2-4-11(10)7-12/h1-9H,20H2,(H,21,22). The summed E-state index contributed by atoms with van der Waals surface area (Å²) >= 11 is 12.2. The summed E-state index contributed by atoms with van der Waals surface area (Å²) in [6.45, 7) is 0. The molecule has 0 unspecified atom stereocenters. The number of anilines is 2. The van der Waals surface area contributed by atoms with Crippen molar-refractivity contribution in [2.45, 2.75) is 0 Å². The first-order chi connectivity index (χ1) is 10.5. The van der Waals surface area contributed by atoms with Crippen LogP contribution in [0.15, 0.2) is 54.6 Å². The van der Waals surface area contributed by atoms with Gasteiger partial charge in [0, 0.05) is 11.3 Å². The average molecular weight is 331 g/mol. The first kappa shape index (κ1) is 14.7. The molecule has 0 atom stereocenters. The molecule has 0 aliphatic carbocycles. The van der Waals surface area contributed by atoms with Crippen molar-refractivity contribution < 1.29 is 4.79 Å². The maximum atomic E-state index is 12.4. The Hall–Kier alpha value is -2.23. The zero-order valence-corrected chi connectivity index (χ0v) is 12.9. The molecule has 22 heavy (non-hydrogen) atoms. The second-order valence-corrected chi connectivity index (χ2v) is 5.69. The van der Waals surface area contributed by atoms with E-state index in [0.717, 1.165) is 10.8 Å². The van der Waals surface area contributed by atoms with Crippen LogP contribution in [0.2, 0.25) is 10.0 Å². The number of halogens is 2. The molecule has 0 bridgehead atoms. The highest BCUT2D eigenvalue weighted by atomic mass is 35.5. The lowest BCUT2D eigenvalue weighted by atomic mass is 10.1. The Morgan fingerprint density at radius 3 is 2.23 bits per heavy atom. The normalized spacial score (nSPS) is 10.6. The Morgan fingerprint density at radius 2 is 1.55 bits per heavy atom. The second-order valence-electron chi connectivity index (χ2n) is 4.88. The minimum atomic E-state index is -0.278. The van der Waals surface area contributed by atoms with Gasteiger partial charge in [-0.15, -0.1) is 0 Å². The summed E-state index contributed by atoms with van der Waals surface area (Å²) in [7, 11) is 0. The van der Waals surface area contributed by atoms with Gasteiger partial charge in [-0.05, 0) is 35.0 Å². The van der Waals surface area contributed by atoms with E-state index in [-0.39, 0.29) is 5.91 Å². The van der Waals surface area contributed by atoms with Crippen molar-refractivity contribution in [1.82, 2.24) is 0 Å². The molecule has 0 radical (unpaired) electrons. The molecule has 3 aromatic rings. The summed E-state index contributed by atoms with van der Waals surface area (Å²) in [4.78, 5) is 12.4. The van der Waals surface area contributed by atoms with Crippen molar-refractivity contribution in [3.63, 3.8) is 0 Å². The van der Waals surface area contributed by atoms with Crippen molar-refractivity contribution in [3.8, 4) is 0 Å². The SMILES string of the molecule is Nc1cc(Cl)c(NC(=O)c2ccc3ccccc3c2)c(Cl)c1. The molecule has 0 aliphatic heterocycles. The molecule has 0 heterocycles. The highest BCUT2D eigenvalue weighted by Crippen LogP contribution is 2.33. The number of nitrogens with two attached hydrogens (primary N) is 1. The third-order valence-corrected chi connectivity index (χ3v) is 3.91. The van der Waals surface area contributed by atoms with Crippen LogP contribution in [0.3, 0.4) is 0 Å². The molecule has 0 saturated heterocycles. The van der Waals surface area contributed by atoms with Crippen LogP contribution in [0.4, 0.5) is 11.4 Å². The van der Waals surface area contributed by atoms with Gasteiger partial charge in [0.2, 0.25) is 0 Å². The Kier molecular flexibility index (Phi) is 3.92. The number of benzene rings is 3. The maximum absolute atomic E-state index is 12.4. The van der Waals surface area contributed by atoms with Gasteiger partial charge in [-0.3, -0.25) is 4.79 Å². The van der Waals surface area contributed by atoms with E-state index in [0.29, 0.717) is 27.0 Å². The van der Waals surface area contributed by atoms with Crippen LogP contribution in [-0.4, -0.2) is 5.91 Å². The van der Waals surface area contributed by atoms with Crippen molar-refractivity contribution in [1.29, 1.82) is 0 Å². The third-order valence-electron chi connectivity index (χ3n) is 3.31. The van der Waals surface area contributed by atoms with Crippen LogP contribution in [-0.2, 0) is 0 Å². The van der Waals surface area contributed by atoms with E-state index in [9.17, 15) is 4.79 Å². The Bertz CT molecular complexity index is 854. The van der Waals surface area contributed by atoms with Crippen molar-refractivity contribution in [2.75, 3.05) is 11.1 Å². The predicted octanol–water partition coefficient (Wildman–Crippen LogP) is 4.98. The molecule has 3 N–H and O–H groups in total. The first-order valence-corrected chi connectivity index (χ1v) is 7.35. The topological polar surface area (TPSA) is 55.1 Å². The average Bonchev–Trinajstić information content (AvgIpc) is 2.50. The molecule has 1 amide bonds. The lowest BCUT2D eigenvalue weighted by Crippen LogP contribution is -2.12. The van der Waals surface area contributed by atoms with Gasteiger partial charge in [-0.2, -0.15) is 0 Å². The van der Waals surface area contributed by atoms with Crippen LogP contribution >= 0.6 is 23.2 Å². The fourth-order valence-corrected chi connectivity index (χ4v) is 2.83. The summed E-state index contributed by atoms with van der Waals surface area (Å²) in [6.07, 6.45) is 0. The largest absolute Gasteiger partial charge is 0.399 e. The molecular formula is C17H12Cl2N2O. The number of hydrogen-bond acceptors (Lipinski definition) is 2. The molecule has 0 saturated carbocycles. The predicted molar refractivity (Wildman–Crippen MR) is 92.8 cm³/mol. The summed E-state index contributed by atoms with van der Waals surface area (Å²) in [6, 6.07) is 16.4. The fourth-order valence-electron chi connectivity index (χ4n) is 2.23. The van der Waals surface area contributed by atoms with Gasteiger partial charge in [0.05, 0.1) is 15.7 Å². The lowest BCUT2D eigenvalue weighted by Gasteiger charge is -2.10. The lowest BCUT2D eigenvalue weighted by molar-refractivity contribution is 0.102. The number of amides is 1. The van der Waals surface area contributed by atoms with Gasteiger partial charge in [0.1, 0.15) is 0 Å². The Balaban J connectivity index is 1.93. The van der Waals surface area contributed by atoms with Crippen LogP contribution < -0.4 is 11.1 Å². The van der Waals surface area contributed by atoms with Gasteiger partial charge < -0.3 is 11.1 Å². The van der Waals surface area contributed by atoms with E-state index in [1.54, 1.807) is 18.2 Å². The van der Waals surface area contributed by atoms with E-state index in [1.807, 2.05) is 36.4 Å². The van der Waals surface area contributed by atoms with Gasteiger partial charge in [0.25, 0.3) is 5.91 Å². The van der Waals surface area contributed by atoms with Crippen LogP contribution in [0.5, 0.6) is 0 Å². The van der Waals surface area contributed by atoms with Crippen molar-refractivity contribution >= 4 is 51.3 Å². The van der Waals surface area contributed by atoms with E-state index in [2.05, 4.69) is 5.32 Å². The second kappa shape index (κ2) is 5.87.